The van der Waals surface area contributed by atoms with Crippen LogP contribution in [-0.4, -0.2) is 52.4 Å². The molecule has 1 atom stereocenters. The van der Waals surface area contributed by atoms with E-state index in [1.165, 1.54) is 0 Å². The summed E-state index contributed by atoms with van der Waals surface area (Å²) in [6, 6.07) is 0. The Morgan fingerprint density at radius 2 is 2.26 bits per heavy atom. The summed E-state index contributed by atoms with van der Waals surface area (Å²) in [7, 11) is -4.81. The van der Waals surface area contributed by atoms with Gasteiger partial charge in [-0.15, -0.1) is 8.98 Å². The monoisotopic (exact) mass is 292 g/mol. The maximum atomic E-state index is 12.8. The van der Waals surface area contributed by atoms with Crippen LogP contribution in [0.2, 0.25) is 0 Å². The molecule has 2 heterocycles. The highest BCUT2D eigenvalue weighted by molar-refractivity contribution is 7.87. The van der Waals surface area contributed by atoms with E-state index in [2.05, 4.69) is 15.2 Å². The van der Waals surface area contributed by atoms with Gasteiger partial charge in [-0.2, -0.15) is 13.4 Å². The minimum atomic E-state index is -4.81. The molecule has 1 aromatic rings. The van der Waals surface area contributed by atoms with E-state index in [4.69, 9.17) is 5.11 Å². The van der Waals surface area contributed by atoms with Crippen LogP contribution in [0.5, 0.6) is 0 Å². The van der Waals surface area contributed by atoms with Gasteiger partial charge in [0, 0.05) is 13.0 Å². The third-order valence-corrected chi connectivity index (χ3v) is 3.68. The van der Waals surface area contributed by atoms with E-state index in [0.717, 1.165) is 4.90 Å². The van der Waals surface area contributed by atoms with Gasteiger partial charge in [-0.3, -0.25) is 19.6 Å². The zero-order valence-electron chi connectivity index (χ0n) is 9.41. The van der Waals surface area contributed by atoms with E-state index in [9.17, 15) is 21.9 Å². The van der Waals surface area contributed by atoms with Crippen molar-refractivity contribution in [2.75, 3.05) is 11.4 Å². The highest BCUT2D eigenvalue weighted by atomic mass is 32.3. The van der Waals surface area contributed by atoms with Gasteiger partial charge in [0.25, 0.3) is 5.95 Å². The van der Waals surface area contributed by atoms with Crippen molar-refractivity contribution in [3.05, 3.63) is 5.82 Å². The van der Waals surface area contributed by atoms with Crippen molar-refractivity contribution >= 4 is 28.0 Å². The van der Waals surface area contributed by atoms with Crippen LogP contribution >= 0.6 is 0 Å². The fourth-order valence-electron chi connectivity index (χ4n) is 1.68. The molecule has 1 fully saturated rings. The van der Waals surface area contributed by atoms with Crippen LogP contribution < -0.4 is 4.90 Å². The number of aromatic amines is 1. The zero-order chi connectivity index (χ0) is 14.2. The number of hydrogen-bond acceptors (Lipinski definition) is 6. The molecule has 9 nitrogen and oxygen atoms in total. The fourth-order valence-corrected chi connectivity index (χ4v) is 2.35. The van der Waals surface area contributed by atoms with Crippen LogP contribution in [0.25, 0.3) is 0 Å². The Morgan fingerprint density at radius 1 is 1.58 bits per heavy atom. The molecule has 1 aliphatic rings. The summed E-state index contributed by atoms with van der Waals surface area (Å²) in [6.07, 6.45) is -0.901. The minimum absolute atomic E-state index is 0.0156. The molecule has 0 spiro atoms. The Labute approximate surface area is 106 Å². The molecule has 0 aliphatic carbocycles. The molecule has 104 valence electrons. The van der Waals surface area contributed by atoms with Crippen molar-refractivity contribution in [1.29, 1.82) is 0 Å². The first-order valence-electron chi connectivity index (χ1n) is 5.14. The lowest BCUT2D eigenvalue weighted by molar-refractivity contribution is -0.136. The second-order valence-electron chi connectivity index (χ2n) is 3.96. The van der Waals surface area contributed by atoms with Crippen molar-refractivity contribution in [3.63, 3.8) is 0 Å². The molecule has 0 bridgehead atoms. The second kappa shape index (κ2) is 4.57. The third kappa shape index (κ3) is 2.86. The summed E-state index contributed by atoms with van der Waals surface area (Å²) in [5, 5.41) is 13.0. The highest BCUT2D eigenvalue weighted by Crippen LogP contribution is 2.23. The number of carboxylic acids is 1. The van der Waals surface area contributed by atoms with Gasteiger partial charge in [0.2, 0.25) is 5.91 Å². The Kier molecular flexibility index (Phi) is 3.22. The average molecular weight is 292 g/mol. The number of H-pyrrole nitrogens is 1. The van der Waals surface area contributed by atoms with Crippen LogP contribution in [0.15, 0.2) is 0 Å². The quantitative estimate of drug-likeness (QED) is 0.668. The van der Waals surface area contributed by atoms with Gasteiger partial charge >= 0.3 is 16.2 Å². The standard InChI is InChI=1S/C8H9FN4O5S/c9-19(17,18)4-1-6(14)13(3-4)8-10-5(11-12-8)2-7(15)16/h4H,1-3H2,(H,15,16)(H,10,11,12). The maximum Gasteiger partial charge on any atom is 0.311 e. The number of rotatable bonds is 4. The molecular formula is C8H9FN4O5S. The number of nitrogens with one attached hydrogen (secondary N) is 1. The fraction of sp³-hybridized carbons (Fsp3) is 0.500. The van der Waals surface area contributed by atoms with Crippen molar-refractivity contribution in [2.45, 2.75) is 18.1 Å². The molecule has 0 radical (unpaired) electrons. The van der Waals surface area contributed by atoms with Crippen molar-refractivity contribution in [1.82, 2.24) is 15.2 Å². The van der Waals surface area contributed by atoms with Gasteiger partial charge in [0.15, 0.2) is 0 Å². The molecule has 1 aromatic heterocycles. The first-order valence-corrected chi connectivity index (χ1v) is 6.59. The van der Waals surface area contributed by atoms with Crippen LogP contribution in [0.1, 0.15) is 12.2 Å². The number of hydrogen-bond donors (Lipinski definition) is 2. The van der Waals surface area contributed by atoms with Gasteiger partial charge in [0.05, 0.1) is 0 Å². The molecule has 2 rings (SSSR count). The van der Waals surface area contributed by atoms with Crippen LogP contribution in [-0.2, 0) is 26.2 Å². The van der Waals surface area contributed by atoms with E-state index in [1.54, 1.807) is 0 Å². The smallest absolute Gasteiger partial charge is 0.311 e. The van der Waals surface area contributed by atoms with E-state index in [-0.39, 0.29) is 18.3 Å². The number of carbonyl (C=O) groups excluding carboxylic acids is 1. The number of nitrogens with zero attached hydrogens (tertiary/aromatic N) is 3. The largest absolute Gasteiger partial charge is 0.481 e. The second-order valence-corrected chi connectivity index (χ2v) is 5.58. The average Bonchev–Trinajstić information content (AvgIpc) is 2.82. The Hall–Kier alpha value is -2.04. The number of carbonyl (C=O) groups is 2. The van der Waals surface area contributed by atoms with Crippen LogP contribution in [0, 0.1) is 0 Å². The molecule has 0 saturated carbocycles. The van der Waals surface area contributed by atoms with Gasteiger partial charge < -0.3 is 5.11 Å². The summed E-state index contributed by atoms with van der Waals surface area (Å²) < 4.78 is 34.3. The molecular weight excluding hydrogens is 283 g/mol. The van der Waals surface area contributed by atoms with Crippen molar-refractivity contribution < 1.29 is 27.0 Å². The summed E-state index contributed by atoms with van der Waals surface area (Å²) in [6.45, 7) is -0.387. The lowest BCUT2D eigenvalue weighted by atomic mass is 10.4. The Bertz CT molecular complexity index is 627. The van der Waals surface area contributed by atoms with Crippen molar-refractivity contribution in [3.8, 4) is 0 Å². The molecule has 1 saturated heterocycles. The summed E-state index contributed by atoms with van der Waals surface area (Å²) in [5.41, 5.74) is 0. The van der Waals surface area contributed by atoms with E-state index in [0.29, 0.717) is 0 Å². The zero-order valence-corrected chi connectivity index (χ0v) is 10.2. The van der Waals surface area contributed by atoms with E-state index in [1.807, 2.05) is 0 Å². The normalized spacial score (nSPS) is 19.9. The lowest BCUT2D eigenvalue weighted by Gasteiger charge is -2.09. The first kappa shape index (κ1) is 13.4. The molecule has 1 amide bonds. The topological polar surface area (TPSA) is 133 Å². The predicted octanol–water partition coefficient (Wildman–Crippen LogP) is -1.16. The van der Waals surface area contributed by atoms with E-state index >= 15 is 0 Å². The summed E-state index contributed by atoms with van der Waals surface area (Å²) in [4.78, 5) is 26.6. The number of aliphatic carboxylic acids is 1. The van der Waals surface area contributed by atoms with E-state index < -0.39 is 40.2 Å². The Balaban J connectivity index is 2.17. The molecule has 1 unspecified atom stereocenters. The Morgan fingerprint density at radius 3 is 2.79 bits per heavy atom. The number of aromatic nitrogens is 3. The van der Waals surface area contributed by atoms with Crippen LogP contribution in [0.3, 0.4) is 0 Å². The SMILES string of the molecule is O=C(O)Cc1nc(N2CC(S(=O)(=O)F)CC2=O)n[nH]1. The first-order chi connectivity index (χ1) is 8.77. The number of halogens is 1. The molecule has 0 aromatic carbocycles. The van der Waals surface area contributed by atoms with Gasteiger partial charge in [-0.25, -0.2) is 0 Å². The lowest BCUT2D eigenvalue weighted by Crippen LogP contribution is -2.27. The molecule has 19 heavy (non-hydrogen) atoms. The number of amides is 1. The summed E-state index contributed by atoms with van der Waals surface area (Å²) in [5.74, 6) is -1.92. The summed E-state index contributed by atoms with van der Waals surface area (Å²) >= 11 is 0. The van der Waals surface area contributed by atoms with Gasteiger partial charge in [-0.05, 0) is 0 Å². The third-order valence-electron chi connectivity index (χ3n) is 2.57. The minimum Gasteiger partial charge on any atom is -0.481 e. The number of anilines is 1. The van der Waals surface area contributed by atoms with Gasteiger partial charge in [-0.1, -0.05) is 0 Å². The highest BCUT2D eigenvalue weighted by Gasteiger charge is 2.40. The van der Waals surface area contributed by atoms with Crippen LogP contribution in [0.4, 0.5) is 9.83 Å². The van der Waals surface area contributed by atoms with Crippen molar-refractivity contribution in [2.24, 2.45) is 0 Å². The van der Waals surface area contributed by atoms with Gasteiger partial charge in [0.1, 0.15) is 17.5 Å². The maximum absolute atomic E-state index is 12.8. The molecule has 2 N–H and O–H groups in total. The number of carboxylic acid groups (broad SMARTS) is 1. The molecule has 11 heteroatoms. The molecule has 1 aliphatic heterocycles. The predicted molar refractivity (Wildman–Crippen MR) is 58.5 cm³/mol.